The maximum absolute atomic E-state index is 12.3. The van der Waals surface area contributed by atoms with Gasteiger partial charge in [-0.05, 0) is 39.3 Å². The van der Waals surface area contributed by atoms with Crippen molar-refractivity contribution >= 4 is 5.97 Å². The van der Waals surface area contributed by atoms with Crippen molar-refractivity contribution in [2.24, 2.45) is 11.8 Å². The lowest BCUT2D eigenvalue weighted by Gasteiger charge is -2.38. The van der Waals surface area contributed by atoms with Crippen molar-refractivity contribution in [1.29, 1.82) is 0 Å². The van der Waals surface area contributed by atoms with Gasteiger partial charge in [-0.15, -0.1) is 0 Å². The number of carbonyl (C=O) groups excluding carboxylic acids is 1. The van der Waals surface area contributed by atoms with Gasteiger partial charge in [-0.25, -0.2) is 0 Å². The molecule has 1 saturated heterocycles. The first-order valence-electron chi connectivity index (χ1n) is 9.10. The molecule has 0 saturated carbocycles. The Morgan fingerprint density at radius 1 is 1.32 bits per heavy atom. The van der Waals surface area contributed by atoms with Gasteiger partial charge in [-0.3, -0.25) is 4.79 Å². The second-order valence-corrected chi connectivity index (χ2v) is 7.03. The van der Waals surface area contributed by atoms with E-state index in [9.17, 15) is 4.79 Å². The SMILES string of the molecule is CCCCC[C@H](NC1CCN(C)CC1C(=O)OCC)C(C)C. The first kappa shape index (κ1) is 19.4. The molecule has 0 aliphatic carbocycles. The van der Waals surface area contributed by atoms with Crippen LogP contribution < -0.4 is 5.32 Å². The first-order chi connectivity index (χ1) is 10.5. The summed E-state index contributed by atoms with van der Waals surface area (Å²) >= 11 is 0. The van der Waals surface area contributed by atoms with Crippen molar-refractivity contribution in [3.63, 3.8) is 0 Å². The number of likely N-dealkylation sites (tertiary alicyclic amines) is 1. The van der Waals surface area contributed by atoms with Crippen molar-refractivity contribution in [3.8, 4) is 0 Å². The van der Waals surface area contributed by atoms with Gasteiger partial charge in [0, 0.05) is 18.6 Å². The predicted octanol–water partition coefficient (Wildman–Crippen LogP) is 3.06. The number of esters is 1. The summed E-state index contributed by atoms with van der Waals surface area (Å²) < 4.78 is 5.29. The summed E-state index contributed by atoms with van der Waals surface area (Å²) in [4.78, 5) is 14.5. The van der Waals surface area contributed by atoms with E-state index in [2.05, 4.69) is 38.0 Å². The van der Waals surface area contributed by atoms with Gasteiger partial charge in [0.1, 0.15) is 0 Å². The smallest absolute Gasteiger partial charge is 0.311 e. The van der Waals surface area contributed by atoms with Gasteiger partial charge in [0.05, 0.1) is 12.5 Å². The van der Waals surface area contributed by atoms with Gasteiger partial charge in [0.25, 0.3) is 0 Å². The highest BCUT2D eigenvalue weighted by molar-refractivity contribution is 5.73. The van der Waals surface area contributed by atoms with Crippen molar-refractivity contribution < 1.29 is 9.53 Å². The van der Waals surface area contributed by atoms with Crippen molar-refractivity contribution in [2.75, 3.05) is 26.7 Å². The Bertz CT molecular complexity index is 320. The van der Waals surface area contributed by atoms with Crippen LogP contribution in [0.5, 0.6) is 0 Å². The zero-order valence-corrected chi connectivity index (χ0v) is 15.2. The van der Waals surface area contributed by atoms with Crippen molar-refractivity contribution in [2.45, 2.75) is 71.9 Å². The molecule has 1 aliphatic rings. The second kappa shape index (κ2) is 10.2. The fourth-order valence-electron chi connectivity index (χ4n) is 3.30. The molecule has 130 valence electrons. The van der Waals surface area contributed by atoms with E-state index in [1.54, 1.807) is 0 Å². The van der Waals surface area contributed by atoms with Gasteiger partial charge >= 0.3 is 5.97 Å². The number of rotatable bonds is 9. The number of hydrogen-bond donors (Lipinski definition) is 1. The van der Waals surface area contributed by atoms with E-state index < -0.39 is 0 Å². The molecule has 0 amide bonds. The Morgan fingerprint density at radius 2 is 2.05 bits per heavy atom. The number of ether oxygens (including phenoxy) is 1. The summed E-state index contributed by atoms with van der Waals surface area (Å²) in [6, 6.07) is 0.751. The van der Waals surface area contributed by atoms with Gasteiger partial charge in [0.15, 0.2) is 0 Å². The zero-order valence-electron chi connectivity index (χ0n) is 15.2. The average Bonchev–Trinajstić information content (AvgIpc) is 2.47. The molecule has 4 nitrogen and oxygen atoms in total. The number of nitrogens with zero attached hydrogens (tertiary/aromatic N) is 1. The number of piperidine rings is 1. The number of unbranched alkanes of at least 4 members (excludes halogenated alkanes) is 2. The fourth-order valence-corrected chi connectivity index (χ4v) is 3.30. The lowest BCUT2D eigenvalue weighted by Crippen LogP contribution is -2.55. The third kappa shape index (κ3) is 6.25. The standard InChI is InChI=1S/C18H36N2O2/c1-6-8-9-10-16(14(3)4)19-17-11-12-20(5)13-15(17)18(21)22-7-2/h14-17,19H,6-13H2,1-5H3/t15?,16-,17?/m0/s1. The van der Waals surface area contributed by atoms with Gasteiger partial charge in [0.2, 0.25) is 0 Å². The Hall–Kier alpha value is -0.610. The summed E-state index contributed by atoms with van der Waals surface area (Å²) in [5.41, 5.74) is 0. The summed E-state index contributed by atoms with van der Waals surface area (Å²) in [5, 5.41) is 3.80. The summed E-state index contributed by atoms with van der Waals surface area (Å²) in [5.74, 6) is 0.521. The number of carbonyl (C=O) groups is 1. The number of hydrogen-bond acceptors (Lipinski definition) is 4. The molecule has 4 heteroatoms. The Labute approximate surface area is 137 Å². The number of nitrogens with one attached hydrogen (secondary N) is 1. The van der Waals surface area contributed by atoms with Crippen LogP contribution in [0.25, 0.3) is 0 Å². The van der Waals surface area contributed by atoms with Crippen LogP contribution in [0.15, 0.2) is 0 Å². The van der Waals surface area contributed by atoms with E-state index in [0.29, 0.717) is 18.6 Å². The first-order valence-corrected chi connectivity index (χ1v) is 9.10. The quantitative estimate of drug-likeness (QED) is 0.525. The molecule has 1 fully saturated rings. The van der Waals surface area contributed by atoms with Crippen LogP contribution in [0.4, 0.5) is 0 Å². The van der Waals surface area contributed by atoms with Gasteiger partial charge < -0.3 is 15.0 Å². The van der Waals surface area contributed by atoms with Crippen LogP contribution in [0.1, 0.15) is 59.8 Å². The molecule has 0 aromatic carbocycles. The van der Waals surface area contributed by atoms with Crippen LogP contribution in [-0.2, 0) is 9.53 Å². The monoisotopic (exact) mass is 312 g/mol. The lowest BCUT2D eigenvalue weighted by atomic mass is 9.89. The molecule has 0 aromatic heterocycles. The maximum Gasteiger partial charge on any atom is 0.311 e. The van der Waals surface area contributed by atoms with Gasteiger partial charge in [-0.1, -0.05) is 40.0 Å². The average molecular weight is 312 g/mol. The van der Waals surface area contributed by atoms with Crippen molar-refractivity contribution in [3.05, 3.63) is 0 Å². The maximum atomic E-state index is 12.3. The van der Waals surface area contributed by atoms with Gasteiger partial charge in [-0.2, -0.15) is 0 Å². The molecule has 0 bridgehead atoms. The van der Waals surface area contributed by atoms with E-state index in [0.717, 1.165) is 19.5 Å². The molecular formula is C18H36N2O2. The van der Waals surface area contributed by atoms with Crippen LogP contribution >= 0.6 is 0 Å². The highest BCUT2D eigenvalue weighted by Gasteiger charge is 2.35. The summed E-state index contributed by atoms with van der Waals surface area (Å²) in [7, 11) is 2.09. The third-order valence-corrected chi connectivity index (χ3v) is 4.76. The highest BCUT2D eigenvalue weighted by atomic mass is 16.5. The molecule has 0 aromatic rings. The molecule has 0 spiro atoms. The zero-order chi connectivity index (χ0) is 16.5. The minimum atomic E-state index is -0.0392. The lowest BCUT2D eigenvalue weighted by molar-refractivity contribution is -0.151. The van der Waals surface area contributed by atoms with E-state index in [-0.39, 0.29) is 17.9 Å². The Morgan fingerprint density at radius 3 is 2.64 bits per heavy atom. The minimum Gasteiger partial charge on any atom is -0.466 e. The van der Waals surface area contributed by atoms with E-state index >= 15 is 0 Å². The van der Waals surface area contributed by atoms with Crippen LogP contribution in [0.2, 0.25) is 0 Å². The predicted molar refractivity (Wildman–Crippen MR) is 91.9 cm³/mol. The summed E-state index contributed by atoms with van der Waals surface area (Å²) in [6.45, 7) is 11.0. The van der Waals surface area contributed by atoms with Crippen LogP contribution in [0, 0.1) is 11.8 Å². The second-order valence-electron chi connectivity index (χ2n) is 7.03. The fraction of sp³-hybridized carbons (Fsp3) is 0.944. The highest BCUT2D eigenvalue weighted by Crippen LogP contribution is 2.21. The van der Waals surface area contributed by atoms with Crippen LogP contribution in [0.3, 0.4) is 0 Å². The third-order valence-electron chi connectivity index (χ3n) is 4.76. The Balaban J connectivity index is 2.65. The molecule has 3 atom stereocenters. The van der Waals surface area contributed by atoms with Crippen LogP contribution in [-0.4, -0.2) is 49.7 Å². The molecular weight excluding hydrogens is 276 g/mol. The van der Waals surface area contributed by atoms with E-state index in [1.165, 1.54) is 25.7 Å². The molecule has 0 radical (unpaired) electrons. The molecule has 22 heavy (non-hydrogen) atoms. The topological polar surface area (TPSA) is 41.6 Å². The van der Waals surface area contributed by atoms with E-state index in [4.69, 9.17) is 4.74 Å². The molecule has 1 rings (SSSR count). The normalized spacial score (nSPS) is 24.5. The Kier molecular flexibility index (Phi) is 9.03. The summed E-state index contributed by atoms with van der Waals surface area (Å²) in [6.07, 6.45) is 6.04. The van der Waals surface area contributed by atoms with Crippen molar-refractivity contribution in [1.82, 2.24) is 10.2 Å². The largest absolute Gasteiger partial charge is 0.466 e. The van der Waals surface area contributed by atoms with E-state index in [1.807, 2.05) is 6.92 Å². The minimum absolute atomic E-state index is 0.0360. The molecule has 1 N–H and O–H groups in total. The molecule has 1 heterocycles. The molecule has 1 aliphatic heterocycles. The molecule has 2 unspecified atom stereocenters.